The summed E-state index contributed by atoms with van der Waals surface area (Å²) in [7, 11) is 3.11. The van der Waals surface area contributed by atoms with E-state index in [0.29, 0.717) is 28.4 Å². The van der Waals surface area contributed by atoms with Gasteiger partial charge in [-0.15, -0.1) is 11.3 Å². The van der Waals surface area contributed by atoms with Gasteiger partial charge in [0, 0.05) is 6.54 Å². The predicted octanol–water partition coefficient (Wildman–Crippen LogP) is 4.29. The quantitative estimate of drug-likeness (QED) is 0.482. The molecule has 1 aliphatic heterocycles. The van der Waals surface area contributed by atoms with Crippen molar-refractivity contribution in [3.05, 3.63) is 87.3 Å². The van der Waals surface area contributed by atoms with Crippen molar-refractivity contribution in [2.24, 2.45) is 0 Å². The van der Waals surface area contributed by atoms with Crippen LogP contribution in [-0.2, 0) is 11.2 Å². The van der Waals surface area contributed by atoms with E-state index in [1.54, 1.807) is 49.9 Å². The van der Waals surface area contributed by atoms with Crippen LogP contribution >= 0.6 is 11.3 Å². The molecule has 0 saturated carbocycles. The van der Waals surface area contributed by atoms with Gasteiger partial charge in [-0.25, -0.2) is 0 Å². The summed E-state index contributed by atoms with van der Waals surface area (Å²) in [5, 5.41) is 22.5. The third-order valence-electron chi connectivity index (χ3n) is 5.57. The molecule has 3 aromatic rings. The van der Waals surface area contributed by atoms with Gasteiger partial charge in [-0.2, -0.15) is 0 Å². The first-order valence-corrected chi connectivity index (χ1v) is 11.1. The number of aliphatic hydroxyl groups is 1. The van der Waals surface area contributed by atoms with Crippen molar-refractivity contribution in [3.8, 4) is 17.2 Å². The van der Waals surface area contributed by atoms with Crippen molar-refractivity contribution in [3.63, 3.8) is 0 Å². The third-order valence-corrected chi connectivity index (χ3v) is 6.44. The number of Topliss-reactive ketones (excluding diaryl/α,β-unsaturated/α-hetero) is 1. The van der Waals surface area contributed by atoms with Gasteiger partial charge in [-0.1, -0.05) is 24.3 Å². The number of phenolic OH excluding ortho intramolecular Hbond substituents is 1. The van der Waals surface area contributed by atoms with Crippen molar-refractivity contribution in [1.82, 2.24) is 4.90 Å². The molecule has 0 aliphatic carbocycles. The molecule has 0 unspecified atom stereocenters. The molecule has 4 rings (SSSR count). The highest BCUT2D eigenvalue weighted by Crippen LogP contribution is 2.40. The van der Waals surface area contributed by atoms with E-state index in [1.165, 1.54) is 28.4 Å². The van der Waals surface area contributed by atoms with Crippen molar-refractivity contribution in [2.75, 3.05) is 20.8 Å². The number of thiophene rings is 1. The molecule has 0 radical (unpaired) electrons. The number of amides is 1. The molecule has 8 heteroatoms. The van der Waals surface area contributed by atoms with Gasteiger partial charge in [0.2, 0.25) is 5.78 Å². The first-order valence-electron chi connectivity index (χ1n) is 10.3. The van der Waals surface area contributed by atoms with Crippen LogP contribution in [0.3, 0.4) is 0 Å². The lowest BCUT2D eigenvalue weighted by Crippen LogP contribution is -2.33. The minimum Gasteiger partial charge on any atom is -0.508 e. The zero-order valence-corrected chi connectivity index (χ0v) is 19.0. The summed E-state index contributed by atoms with van der Waals surface area (Å²) >= 11 is 1.24. The number of hydrogen-bond acceptors (Lipinski definition) is 7. The van der Waals surface area contributed by atoms with Crippen LogP contribution in [0.2, 0.25) is 0 Å². The maximum atomic E-state index is 13.2. The van der Waals surface area contributed by atoms with E-state index in [2.05, 4.69) is 0 Å². The Morgan fingerprint density at radius 1 is 1.03 bits per heavy atom. The maximum absolute atomic E-state index is 13.2. The molecule has 2 heterocycles. The number of ether oxygens (including phenoxy) is 2. The Morgan fingerprint density at radius 2 is 1.82 bits per heavy atom. The number of aromatic hydroxyl groups is 1. The fraction of sp³-hybridized carbons (Fsp3) is 0.200. The van der Waals surface area contributed by atoms with Gasteiger partial charge in [-0.05, 0) is 53.3 Å². The van der Waals surface area contributed by atoms with Crippen molar-refractivity contribution < 1.29 is 29.3 Å². The van der Waals surface area contributed by atoms with Gasteiger partial charge in [0.25, 0.3) is 5.91 Å². The molecule has 2 N–H and O–H groups in total. The molecule has 1 amide bonds. The summed E-state index contributed by atoms with van der Waals surface area (Å²) < 4.78 is 10.6. The molecule has 2 aromatic carbocycles. The number of carbonyl (C=O) groups excluding carboxylic acids is 2. The number of methoxy groups -OCH3 is 2. The Hall–Kier alpha value is -3.78. The molecular formula is C25H23NO6S. The van der Waals surface area contributed by atoms with Crippen molar-refractivity contribution in [2.45, 2.75) is 12.5 Å². The number of aliphatic hydroxyl groups excluding tert-OH is 1. The molecule has 0 fully saturated rings. The monoisotopic (exact) mass is 465 g/mol. The van der Waals surface area contributed by atoms with Gasteiger partial charge >= 0.3 is 0 Å². The zero-order valence-electron chi connectivity index (χ0n) is 18.1. The van der Waals surface area contributed by atoms with Crippen LogP contribution < -0.4 is 9.47 Å². The van der Waals surface area contributed by atoms with Crippen LogP contribution in [0, 0.1) is 0 Å². The molecule has 1 aromatic heterocycles. The Morgan fingerprint density at radius 3 is 2.48 bits per heavy atom. The largest absolute Gasteiger partial charge is 0.508 e. The first-order chi connectivity index (χ1) is 15.9. The van der Waals surface area contributed by atoms with Crippen LogP contribution in [0.15, 0.2) is 71.3 Å². The molecule has 33 heavy (non-hydrogen) atoms. The van der Waals surface area contributed by atoms with Gasteiger partial charge in [0.05, 0.1) is 30.7 Å². The molecule has 170 valence electrons. The summed E-state index contributed by atoms with van der Waals surface area (Å²) in [4.78, 5) is 28.2. The van der Waals surface area contributed by atoms with Crippen LogP contribution in [0.1, 0.15) is 26.8 Å². The second-order valence-electron chi connectivity index (χ2n) is 7.50. The fourth-order valence-electron chi connectivity index (χ4n) is 3.98. The van der Waals surface area contributed by atoms with Crippen LogP contribution in [-0.4, -0.2) is 47.6 Å². The molecule has 0 saturated heterocycles. The van der Waals surface area contributed by atoms with E-state index in [4.69, 9.17) is 9.47 Å². The van der Waals surface area contributed by atoms with Crippen molar-refractivity contribution in [1.29, 1.82) is 0 Å². The molecule has 7 nitrogen and oxygen atoms in total. The first kappa shape index (κ1) is 22.4. The lowest BCUT2D eigenvalue weighted by Gasteiger charge is -2.27. The van der Waals surface area contributed by atoms with Gasteiger partial charge < -0.3 is 24.6 Å². The van der Waals surface area contributed by atoms with Crippen LogP contribution in [0.4, 0.5) is 0 Å². The topological polar surface area (TPSA) is 96.3 Å². The van der Waals surface area contributed by atoms with E-state index >= 15 is 0 Å². The maximum Gasteiger partial charge on any atom is 0.290 e. The highest BCUT2D eigenvalue weighted by Gasteiger charge is 2.43. The Bertz CT molecular complexity index is 1220. The number of benzene rings is 2. The minimum atomic E-state index is -0.820. The van der Waals surface area contributed by atoms with Crippen LogP contribution in [0.5, 0.6) is 17.2 Å². The molecule has 0 spiro atoms. The van der Waals surface area contributed by atoms with Gasteiger partial charge in [-0.3, -0.25) is 9.59 Å². The lowest BCUT2D eigenvalue weighted by molar-refractivity contribution is -0.129. The average Bonchev–Trinajstić information content (AvgIpc) is 3.45. The molecule has 1 atom stereocenters. The highest BCUT2D eigenvalue weighted by molar-refractivity contribution is 7.12. The Labute approximate surface area is 195 Å². The number of rotatable bonds is 8. The summed E-state index contributed by atoms with van der Waals surface area (Å²) in [6.07, 6.45) is 0.454. The SMILES string of the molecule is COc1ccc(CCN2C(=O)C(O)=C(C(=O)c3cccs3)[C@H]2c2cccc(O)c2)cc1OC. The minimum absolute atomic E-state index is 0.00843. The number of nitrogens with zero attached hydrogens (tertiary/aromatic N) is 1. The Kier molecular flexibility index (Phi) is 6.37. The average molecular weight is 466 g/mol. The fourth-order valence-corrected chi connectivity index (χ4v) is 4.66. The standard InChI is InChI=1S/C25H23NO6S/c1-31-18-9-8-15(13-19(18)32-2)10-11-26-22(16-5-3-6-17(27)14-16)21(24(29)25(26)30)23(28)20-7-4-12-33-20/h3-9,12-14,22,27,29H,10-11H2,1-2H3/t22-/m1/s1. The molecule has 1 aliphatic rings. The van der Waals surface area contributed by atoms with Crippen molar-refractivity contribution >= 4 is 23.0 Å². The predicted molar refractivity (Wildman–Crippen MR) is 124 cm³/mol. The molecule has 0 bridgehead atoms. The number of ketones is 1. The highest BCUT2D eigenvalue weighted by atomic mass is 32.1. The zero-order chi connectivity index (χ0) is 23.5. The van der Waals surface area contributed by atoms with E-state index in [1.807, 2.05) is 12.1 Å². The van der Waals surface area contributed by atoms with E-state index in [0.717, 1.165) is 5.56 Å². The second kappa shape index (κ2) is 9.38. The van der Waals surface area contributed by atoms with Crippen LogP contribution in [0.25, 0.3) is 0 Å². The van der Waals surface area contributed by atoms with E-state index in [9.17, 15) is 19.8 Å². The number of carbonyl (C=O) groups is 2. The second-order valence-corrected chi connectivity index (χ2v) is 8.45. The Balaban J connectivity index is 1.68. The summed E-state index contributed by atoms with van der Waals surface area (Å²) in [5.74, 6) is -0.411. The summed E-state index contributed by atoms with van der Waals surface area (Å²) in [5.41, 5.74) is 1.45. The van der Waals surface area contributed by atoms with Gasteiger partial charge in [0.1, 0.15) is 5.75 Å². The van der Waals surface area contributed by atoms with E-state index in [-0.39, 0.29) is 17.9 Å². The normalized spacial score (nSPS) is 15.8. The smallest absolute Gasteiger partial charge is 0.290 e. The molecular weight excluding hydrogens is 442 g/mol. The lowest BCUT2D eigenvalue weighted by atomic mass is 9.95. The number of hydrogen-bond donors (Lipinski definition) is 2. The number of phenols is 1. The van der Waals surface area contributed by atoms with Gasteiger partial charge in [0.15, 0.2) is 17.3 Å². The summed E-state index contributed by atoms with van der Waals surface area (Å²) in [6, 6.07) is 14.4. The summed E-state index contributed by atoms with van der Waals surface area (Å²) in [6.45, 7) is 0.236. The third kappa shape index (κ3) is 4.29. The van der Waals surface area contributed by atoms with E-state index < -0.39 is 23.5 Å².